The highest BCUT2D eigenvalue weighted by Gasteiger charge is 2.33. The Morgan fingerprint density at radius 1 is 1.56 bits per heavy atom. The van der Waals surface area contributed by atoms with Gasteiger partial charge in [0.05, 0.1) is 31.3 Å². The van der Waals surface area contributed by atoms with Crippen LogP contribution < -0.4 is 0 Å². The molecule has 0 aromatic carbocycles. The number of carbonyl (C=O) groups excluding carboxylic acids is 1. The minimum atomic E-state index is -0.549. The molecule has 0 saturated carbocycles. The number of aliphatic hydroxyl groups excluding tert-OH is 1. The second-order valence-electron chi connectivity index (χ2n) is 7.18. The van der Waals surface area contributed by atoms with E-state index < -0.39 is 6.10 Å². The second kappa shape index (κ2) is 8.34. The lowest BCUT2D eigenvalue weighted by atomic mass is 9.68. The smallest absolute Gasteiger partial charge is 0.338 e. The summed E-state index contributed by atoms with van der Waals surface area (Å²) in [5.74, 6) is 0.00784. The van der Waals surface area contributed by atoms with E-state index in [-0.39, 0.29) is 11.4 Å². The van der Waals surface area contributed by atoms with Crippen LogP contribution in [0, 0.1) is 11.3 Å². The van der Waals surface area contributed by atoms with Crippen molar-refractivity contribution >= 4 is 5.97 Å². The third kappa shape index (κ3) is 4.73. The number of carbonyl (C=O) groups is 1. The number of hydrogen-bond donors (Lipinski definition) is 1. The zero-order valence-electron chi connectivity index (χ0n) is 15.3. The molecule has 1 aliphatic carbocycles. The third-order valence-electron chi connectivity index (χ3n) is 5.43. The molecule has 2 rings (SSSR count). The molecule has 136 valence electrons. The van der Waals surface area contributed by atoms with Crippen LogP contribution in [0.4, 0.5) is 0 Å². The molecule has 3 atom stereocenters. The quantitative estimate of drug-likeness (QED) is 0.801. The summed E-state index contributed by atoms with van der Waals surface area (Å²) in [5, 5.41) is 10.6. The molecule has 0 bridgehead atoms. The average Bonchev–Trinajstić information content (AvgIpc) is 3.12. The van der Waals surface area contributed by atoms with Crippen LogP contribution >= 0.6 is 0 Å². The van der Waals surface area contributed by atoms with Crippen LogP contribution in [0.5, 0.6) is 0 Å². The molecule has 3 unspecified atom stereocenters. The zero-order valence-corrected chi connectivity index (χ0v) is 15.3. The first-order valence-corrected chi connectivity index (χ1v) is 8.71. The summed E-state index contributed by atoms with van der Waals surface area (Å²) < 4.78 is 9.93. The van der Waals surface area contributed by atoms with Gasteiger partial charge in [0.1, 0.15) is 0 Å². The van der Waals surface area contributed by atoms with E-state index in [1.165, 1.54) is 7.11 Å². The number of rotatable bonds is 4. The van der Waals surface area contributed by atoms with Gasteiger partial charge in [0, 0.05) is 5.56 Å². The summed E-state index contributed by atoms with van der Waals surface area (Å²) >= 11 is 0. The summed E-state index contributed by atoms with van der Waals surface area (Å²) in [5.41, 5.74) is 2.08. The van der Waals surface area contributed by atoms with Gasteiger partial charge in [-0.15, -0.1) is 0 Å². The van der Waals surface area contributed by atoms with Gasteiger partial charge >= 0.3 is 5.97 Å². The predicted molar refractivity (Wildman–Crippen MR) is 97.8 cm³/mol. The Morgan fingerprint density at radius 3 is 2.96 bits per heavy atom. The first kappa shape index (κ1) is 19.3. The number of hydrogen-bond acceptors (Lipinski definition) is 4. The number of aliphatic hydroxyl groups is 1. The zero-order chi connectivity index (χ0) is 18.4. The average molecular weight is 344 g/mol. The fourth-order valence-electron chi connectivity index (χ4n) is 3.33. The SMILES string of the molecule is C=C1CCC(C)C(C)(CC(O)c2ccoc2)CC=CC=C1C(=O)OC. The van der Waals surface area contributed by atoms with Crippen LogP contribution in [0.1, 0.15) is 51.2 Å². The van der Waals surface area contributed by atoms with E-state index in [9.17, 15) is 9.90 Å². The minimum absolute atomic E-state index is 0.0654. The number of ether oxygens (including phenoxy) is 1. The Bertz CT molecular complexity index is 653. The molecule has 0 amide bonds. The van der Waals surface area contributed by atoms with Crippen molar-refractivity contribution in [1.82, 2.24) is 0 Å². The van der Waals surface area contributed by atoms with Crippen molar-refractivity contribution in [2.45, 2.75) is 45.6 Å². The lowest BCUT2D eigenvalue weighted by molar-refractivity contribution is -0.135. The number of esters is 1. The maximum absolute atomic E-state index is 11.9. The van der Waals surface area contributed by atoms with Crippen molar-refractivity contribution in [2.24, 2.45) is 11.3 Å². The van der Waals surface area contributed by atoms with Crippen LogP contribution in [-0.2, 0) is 9.53 Å². The highest BCUT2D eigenvalue weighted by Crippen LogP contribution is 2.43. The molecule has 1 aromatic rings. The fourth-order valence-corrected chi connectivity index (χ4v) is 3.33. The van der Waals surface area contributed by atoms with Gasteiger partial charge in [0.2, 0.25) is 0 Å². The fraction of sp³-hybridized carbons (Fsp3) is 0.476. The highest BCUT2D eigenvalue weighted by atomic mass is 16.5. The molecule has 1 N–H and O–H groups in total. The van der Waals surface area contributed by atoms with Gasteiger partial charge < -0.3 is 14.3 Å². The number of allylic oxidation sites excluding steroid dienone is 3. The monoisotopic (exact) mass is 344 g/mol. The van der Waals surface area contributed by atoms with E-state index in [1.54, 1.807) is 18.6 Å². The Labute approximate surface area is 149 Å². The molecule has 0 saturated heterocycles. The first-order chi connectivity index (χ1) is 11.9. The topological polar surface area (TPSA) is 59.7 Å². The van der Waals surface area contributed by atoms with Crippen LogP contribution in [0.3, 0.4) is 0 Å². The second-order valence-corrected chi connectivity index (χ2v) is 7.18. The van der Waals surface area contributed by atoms with E-state index in [0.717, 1.165) is 30.4 Å². The van der Waals surface area contributed by atoms with Gasteiger partial charge in [-0.25, -0.2) is 4.79 Å². The maximum atomic E-state index is 11.9. The standard InChI is InChI=1S/C21H28O4/c1-15-8-9-16(2)21(3,13-19(22)17-10-12-25-14-17)11-6-5-7-18(15)20(23)24-4/h5-7,10,12,14,16,19,22H,1,8-9,11,13H2,2-4H3. The Hall–Kier alpha value is -2.07. The molecule has 4 nitrogen and oxygen atoms in total. The molecule has 1 heterocycles. The van der Waals surface area contributed by atoms with Crippen molar-refractivity contribution < 1.29 is 19.1 Å². The third-order valence-corrected chi connectivity index (χ3v) is 5.43. The van der Waals surface area contributed by atoms with Gasteiger partial charge in [-0.1, -0.05) is 32.6 Å². The van der Waals surface area contributed by atoms with E-state index >= 15 is 0 Å². The van der Waals surface area contributed by atoms with Crippen LogP contribution in [-0.4, -0.2) is 18.2 Å². The van der Waals surface area contributed by atoms with Crippen molar-refractivity contribution in [3.05, 3.63) is 60.1 Å². The van der Waals surface area contributed by atoms with Crippen LogP contribution in [0.2, 0.25) is 0 Å². The van der Waals surface area contributed by atoms with E-state index in [4.69, 9.17) is 9.15 Å². The summed E-state index contributed by atoms with van der Waals surface area (Å²) in [6.45, 7) is 8.47. The van der Waals surface area contributed by atoms with Crippen molar-refractivity contribution in [2.75, 3.05) is 7.11 Å². The number of furan rings is 1. The Balaban J connectivity index is 2.20. The van der Waals surface area contributed by atoms with Gasteiger partial charge in [-0.3, -0.25) is 0 Å². The molecule has 1 aromatic heterocycles. The summed E-state index contributed by atoms with van der Waals surface area (Å²) in [4.78, 5) is 11.9. The molecule has 0 radical (unpaired) electrons. The van der Waals surface area contributed by atoms with E-state index in [0.29, 0.717) is 17.9 Å². The Morgan fingerprint density at radius 2 is 2.32 bits per heavy atom. The molecular formula is C21H28O4. The van der Waals surface area contributed by atoms with Gasteiger partial charge in [-0.2, -0.15) is 0 Å². The van der Waals surface area contributed by atoms with Crippen molar-refractivity contribution in [3.8, 4) is 0 Å². The van der Waals surface area contributed by atoms with E-state index in [2.05, 4.69) is 26.5 Å². The first-order valence-electron chi connectivity index (χ1n) is 8.71. The lowest BCUT2D eigenvalue weighted by Gasteiger charge is -2.37. The predicted octanol–water partition coefficient (Wildman–Crippen LogP) is 4.74. The maximum Gasteiger partial charge on any atom is 0.338 e. The highest BCUT2D eigenvalue weighted by molar-refractivity contribution is 5.93. The molecule has 1 aliphatic rings. The molecule has 0 spiro atoms. The van der Waals surface area contributed by atoms with Gasteiger partial charge in [0.25, 0.3) is 0 Å². The minimum Gasteiger partial charge on any atom is -0.472 e. The molecule has 0 aliphatic heterocycles. The normalized spacial score (nSPS) is 26.0. The number of methoxy groups -OCH3 is 1. The van der Waals surface area contributed by atoms with Gasteiger partial charge in [-0.05, 0) is 54.7 Å². The van der Waals surface area contributed by atoms with Crippen molar-refractivity contribution in [1.29, 1.82) is 0 Å². The van der Waals surface area contributed by atoms with E-state index in [1.807, 2.05) is 12.1 Å². The largest absolute Gasteiger partial charge is 0.472 e. The molecular weight excluding hydrogens is 316 g/mol. The summed E-state index contributed by atoms with van der Waals surface area (Å²) in [7, 11) is 1.38. The lowest BCUT2D eigenvalue weighted by Crippen LogP contribution is -2.28. The Kier molecular flexibility index (Phi) is 6.43. The summed E-state index contributed by atoms with van der Waals surface area (Å²) in [6.07, 6.45) is 11.5. The van der Waals surface area contributed by atoms with Crippen LogP contribution in [0.15, 0.2) is 59.0 Å². The summed E-state index contributed by atoms with van der Waals surface area (Å²) in [6, 6.07) is 1.81. The molecule has 4 heteroatoms. The van der Waals surface area contributed by atoms with Crippen LogP contribution in [0.25, 0.3) is 0 Å². The molecule has 25 heavy (non-hydrogen) atoms. The molecule has 0 fully saturated rings. The van der Waals surface area contributed by atoms with Gasteiger partial charge in [0.15, 0.2) is 0 Å². The van der Waals surface area contributed by atoms with Crippen molar-refractivity contribution in [3.63, 3.8) is 0 Å².